The maximum atomic E-state index is 14.5. The molecule has 11 heteroatoms. The molecule has 1 aliphatic rings. The van der Waals surface area contributed by atoms with Gasteiger partial charge in [0.15, 0.2) is 22.6 Å². The lowest BCUT2D eigenvalue weighted by Gasteiger charge is -2.29. The van der Waals surface area contributed by atoms with Crippen LogP contribution in [0.15, 0.2) is 18.5 Å². The number of carbonyl (C=O) groups excluding carboxylic acids is 2. The van der Waals surface area contributed by atoms with Crippen molar-refractivity contribution in [1.29, 1.82) is 0 Å². The van der Waals surface area contributed by atoms with Gasteiger partial charge in [-0.05, 0) is 43.9 Å². The van der Waals surface area contributed by atoms with E-state index in [1.807, 2.05) is 33.8 Å². The van der Waals surface area contributed by atoms with Crippen LogP contribution in [0.4, 0.5) is 10.2 Å². The molecule has 1 saturated heterocycles. The highest BCUT2D eigenvalue weighted by Crippen LogP contribution is 2.39. The third-order valence-electron chi connectivity index (χ3n) is 6.61. The molecule has 0 unspecified atom stereocenters. The Bertz CT molecular complexity index is 1460. The lowest BCUT2D eigenvalue weighted by atomic mass is 9.78. The Kier molecular flexibility index (Phi) is 7.23. The molecule has 38 heavy (non-hydrogen) atoms. The molecule has 0 bridgehead atoms. The van der Waals surface area contributed by atoms with Gasteiger partial charge >= 0.3 is 12.0 Å². The van der Waals surface area contributed by atoms with Crippen molar-refractivity contribution in [2.75, 3.05) is 11.9 Å². The van der Waals surface area contributed by atoms with E-state index in [0.717, 1.165) is 16.7 Å². The minimum Gasteiger partial charge on any atom is -0.426 e. The summed E-state index contributed by atoms with van der Waals surface area (Å²) in [7, 11) is 0. The molecule has 200 valence electrons. The first-order valence-electron chi connectivity index (χ1n) is 12.1. The maximum Gasteiger partial charge on any atom is 0.312 e. The van der Waals surface area contributed by atoms with E-state index >= 15 is 0 Å². The molecular weight excluding hydrogens is 493 g/mol. The van der Waals surface area contributed by atoms with Gasteiger partial charge in [0.1, 0.15) is 12.0 Å². The van der Waals surface area contributed by atoms with Crippen LogP contribution in [0.1, 0.15) is 63.0 Å². The SMILES string of the molecule is C#C[C@@]1(CO)CC[C@H](n2cnc3c(NC(=O)CC(C)(C)c4c(C)cc(C)cc4OC(C)=O)nc(F)nc32)O1. The standard InChI is InChI=1S/C27H30FN5O5/c1-7-27(13-34)9-8-20(38-27)33-14-29-22-23(31-25(28)32-24(22)33)30-19(36)12-26(5,6)21-16(3)10-15(2)11-18(21)37-17(4)35/h1,10-11,14,20,34H,8-9,12-13H2,2-6H3,(H,30,31,32,36)/t20-,27+/m1/s1. The van der Waals surface area contributed by atoms with E-state index in [1.165, 1.54) is 17.8 Å². The minimum atomic E-state index is -1.13. The molecular formula is C27H30FN5O5. The number of hydrogen-bond donors (Lipinski definition) is 2. The van der Waals surface area contributed by atoms with Crippen molar-refractivity contribution in [3.05, 3.63) is 41.2 Å². The van der Waals surface area contributed by atoms with E-state index in [4.69, 9.17) is 15.9 Å². The van der Waals surface area contributed by atoms with Crippen LogP contribution >= 0.6 is 0 Å². The maximum absolute atomic E-state index is 14.5. The number of nitrogens with zero attached hydrogens (tertiary/aromatic N) is 4. The molecule has 2 N–H and O–H groups in total. The number of halogens is 1. The second kappa shape index (κ2) is 10.1. The van der Waals surface area contributed by atoms with Crippen molar-refractivity contribution >= 4 is 28.9 Å². The number of aryl methyl sites for hydroxylation is 2. The molecule has 3 aromatic rings. The van der Waals surface area contributed by atoms with Gasteiger partial charge in [-0.2, -0.15) is 14.4 Å². The first-order valence-corrected chi connectivity index (χ1v) is 12.1. The Morgan fingerprint density at radius 2 is 2.11 bits per heavy atom. The van der Waals surface area contributed by atoms with E-state index in [2.05, 4.69) is 26.2 Å². The van der Waals surface area contributed by atoms with Gasteiger partial charge in [-0.3, -0.25) is 14.2 Å². The highest BCUT2D eigenvalue weighted by atomic mass is 19.1. The fraction of sp³-hybridized carbons (Fsp3) is 0.444. The van der Waals surface area contributed by atoms with E-state index in [1.54, 1.807) is 6.07 Å². The van der Waals surface area contributed by atoms with Crippen LogP contribution < -0.4 is 10.1 Å². The number of benzene rings is 1. The first-order chi connectivity index (χ1) is 17.9. The molecule has 10 nitrogen and oxygen atoms in total. The normalized spacial score (nSPS) is 19.4. The molecule has 0 spiro atoms. The molecule has 0 saturated carbocycles. The first kappa shape index (κ1) is 27.2. The summed E-state index contributed by atoms with van der Waals surface area (Å²) in [6, 6.07) is 3.71. The van der Waals surface area contributed by atoms with Gasteiger partial charge in [-0.25, -0.2) is 4.98 Å². The summed E-state index contributed by atoms with van der Waals surface area (Å²) in [5, 5.41) is 12.3. The van der Waals surface area contributed by atoms with Gasteiger partial charge < -0.3 is 19.9 Å². The molecule has 1 amide bonds. The van der Waals surface area contributed by atoms with Crippen LogP contribution in [0.3, 0.4) is 0 Å². The van der Waals surface area contributed by atoms with Gasteiger partial charge in [0, 0.05) is 24.3 Å². The van der Waals surface area contributed by atoms with Crippen molar-refractivity contribution in [3.8, 4) is 18.1 Å². The predicted octanol–water partition coefficient (Wildman–Crippen LogP) is 3.49. The quantitative estimate of drug-likeness (QED) is 0.208. The lowest BCUT2D eigenvalue weighted by molar-refractivity contribution is -0.131. The number of nitrogens with one attached hydrogen (secondary N) is 1. The van der Waals surface area contributed by atoms with Gasteiger partial charge in [0.05, 0.1) is 12.9 Å². The third-order valence-corrected chi connectivity index (χ3v) is 6.61. The Morgan fingerprint density at radius 1 is 1.37 bits per heavy atom. The van der Waals surface area contributed by atoms with Crippen LogP contribution in [-0.4, -0.2) is 48.7 Å². The summed E-state index contributed by atoms with van der Waals surface area (Å²) >= 11 is 0. The number of ether oxygens (including phenoxy) is 2. The number of aromatic nitrogens is 4. The molecule has 1 aliphatic heterocycles. The van der Waals surface area contributed by atoms with Gasteiger partial charge in [-0.15, -0.1) is 6.42 Å². The van der Waals surface area contributed by atoms with E-state index in [-0.39, 0.29) is 30.0 Å². The van der Waals surface area contributed by atoms with Crippen LogP contribution in [0.25, 0.3) is 11.2 Å². The monoisotopic (exact) mass is 523 g/mol. The lowest BCUT2D eigenvalue weighted by Crippen LogP contribution is -2.31. The second-order valence-electron chi connectivity index (χ2n) is 10.2. The highest BCUT2D eigenvalue weighted by Gasteiger charge is 2.40. The van der Waals surface area contributed by atoms with Crippen molar-refractivity contribution in [1.82, 2.24) is 19.5 Å². The number of rotatable bonds is 7. The zero-order valence-electron chi connectivity index (χ0n) is 22.0. The largest absolute Gasteiger partial charge is 0.426 e. The topological polar surface area (TPSA) is 128 Å². The average Bonchev–Trinajstić information content (AvgIpc) is 3.42. The molecule has 3 heterocycles. The summed E-state index contributed by atoms with van der Waals surface area (Å²) in [5.41, 5.74) is 0.921. The van der Waals surface area contributed by atoms with Gasteiger partial charge in [0.2, 0.25) is 5.91 Å². The summed E-state index contributed by atoms with van der Waals surface area (Å²) in [6.07, 6.45) is 6.11. The fourth-order valence-electron chi connectivity index (χ4n) is 5.08. The summed E-state index contributed by atoms with van der Waals surface area (Å²) in [5.74, 6) is 1.88. The van der Waals surface area contributed by atoms with E-state index in [0.29, 0.717) is 18.6 Å². The van der Waals surface area contributed by atoms with E-state index < -0.39 is 35.2 Å². The van der Waals surface area contributed by atoms with Gasteiger partial charge in [-0.1, -0.05) is 25.8 Å². The molecule has 1 fully saturated rings. The number of anilines is 1. The number of carbonyl (C=O) groups is 2. The van der Waals surface area contributed by atoms with Crippen LogP contribution in [-0.2, 0) is 19.7 Å². The van der Waals surface area contributed by atoms with Crippen molar-refractivity contribution in [2.24, 2.45) is 0 Å². The molecule has 2 atom stereocenters. The number of amides is 1. The number of fused-ring (bicyclic) bond motifs is 1. The molecule has 4 rings (SSSR count). The zero-order valence-corrected chi connectivity index (χ0v) is 22.0. The molecule has 0 radical (unpaired) electrons. The number of aliphatic hydroxyl groups is 1. The van der Waals surface area contributed by atoms with Crippen molar-refractivity contribution in [3.63, 3.8) is 0 Å². The number of imidazole rings is 1. The summed E-state index contributed by atoms with van der Waals surface area (Å²) in [4.78, 5) is 36.8. The summed E-state index contributed by atoms with van der Waals surface area (Å²) < 4.78 is 27.3. The summed E-state index contributed by atoms with van der Waals surface area (Å²) in [6.45, 7) is 8.47. The number of aliphatic hydroxyl groups excluding tert-OH is 1. The van der Waals surface area contributed by atoms with Crippen molar-refractivity contribution in [2.45, 2.75) is 71.1 Å². The highest BCUT2D eigenvalue weighted by molar-refractivity contribution is 5.97. The second-order valence-corrected chi connectivity index (χ2v) is 10.2. The minimum absolute atomic E-state index is 0.0219. The Morgan fingerprint density at radius 3 is 2.74 bits per heavy atom. The number of esters is 1. The molecule has 0 aliphatic carbocycles. The van der Waals surface area contributed by atoms with E-state index in [9.17, 15) is 19.1 Å². The van der Waals surface area contributed by atoms with Gasteiger partial charge in [0.25, 0.3) is 0 Å². The predicted molar refractivity (Wildman–Crippen MR) is 137 cm³/mol. The zero-order chi connectivity index (χ0) is 27.8. The third kappa shape index (κ3) is 5.23. The van der Waals surface area contributed by atoms with Crippen LogP contribution in [0.2, 0.25) is 0 Å². The van der Waals surface area contributed by atoms with Crippen LogP contribution in [0, 0.1) is 32.3 Å². The Balaban J connectivity index is 1.61. The smallest absolute Gasteiger partial charge is 0.312 e. The Hall–Kier alpha value is -3.88. The number of hydrogen-bond acceptors (Lipinski definition) is 8. The molecule has 2 aromatic heterocycles. The Labute approximate surface area is 219 Å². The number of terminal acetylenes is 1. The van der Waals surface area contributed by atoms with Crippen LogP contribution in [0.5, 0.6) is 5.75 Å². The fourth-order valence-corrected chi connectivity index (χ4v) is 5.08. The van der Waals surface area contributed by atoms with Crippen molar-refractivity contribution < 1.29 is 28.6 Å². The molecule has 1 aromatic carbocycles. The average molecular weight is 524 g/mol.